The molecule has 51 heavy (non-hydrogen) atoms. The van der Waals surface area contributed by atoms with E-state index in [4.69, 9.17) is 9.15 Å². The Hall–Kier alpha value is -5.84. The standard InChI is InChI=1S/C47H43NO2S/c1-7-15-33(6)41-31-36(23-26-44(41)49-30-10-4)48(37-24-27-45-42(32-37)38(17-9-3)43(11-5)50-45)29-14-18-34(16-8-2)35-21-25-40-39-19-12-13-20-46(39)51-47(40)28-22-35/h7-20,22-29,31-32H,4-6,21,30H2,1-3H3/b15-7-,16-8-,17-9-,29-14+,34-18+. The first kappa shape index (κ1) is 35.0. The predicted molar refractivity (Wildman–Crippen MR) is 224 cm³/mol. The first-order valence-electron chi connectivity index (χ1n) is 17.2. The zero-order chi connectivity index (χ0) is 35.7. The van der Waals surface area contributed by atoms with Gasteiger partial charge in [-0.15, -0.1) is 11.3 Å². The molecule has 254 valence electrons. The summed E-state index contributed by atoms with van der Waals surface area (Å²) >= 11 is 1.85. The van der Waals surface area contributed by atoms with Crippen LogP contribution in [0.15, 0.2) is 157 Å². The maximum absolute atomic E-state index is 6.15. The third kappa shape index (κ3) is 7.52. The topological polar surface area (TPSA) is 25.6 Å². The molecule has 6 rings (SSSR count). The maximum atomic E-state index is 6.15. The first-order valence-corrected chi connectivity index (χ1v) is 18.0. The Morgan fingerprint density at radius 3 is 2.51 bits per heavy atom. The molecule has 0 radical (unpaired) electrons. The summed E-state index contributed by atoms with van der Waals surface area (Å²) in [5, 5.41) is 3.66. The van der Waals surface area contributed by atoms with Crippen LogP contribution in [0.3, 0.4) is 0 Å². The van der Waals surface area contributed by atoms with Crippen molar-refractivity contribution < 1.29 is 9.15 Å². The Balaban J connectivity index is 1.46. The van der Waals surface area contributed by atoms with Crippen LogP contribution in [-0.4, -0.2) is 6.61 Å². The molecular formula is C47H43NO2S. The van der Waals surface area contributed by atoms with Crippen LogP contribution in [0.4, 0.5) is 11.4 Å². The molecule has 3 nitrogen and oxygen atoms in total. The largest absolute Gasteiger partial charge is 0.489 e. The molecule has 0 amide bonds. The summed E-state index contributed by atoms with van der Waals surface area (Å²) in [7, 11) is 0. The second kappa shape index (κ2) is 16.2. The lowest BCUT2D eigenvalue weighted by molar-refractivity contribution is 0.362. The lowest BCUT2D eigenvalue weighted by atomic mass is 10.0. The van der Waals surface area contributed by atoms with Crippen molar-refractivity contribution in [3.05, 3.63) is 179 Å². The Bertz CT molecular complexity index is 2440. The van der Waals surface area contributed by atoms with Crippen molar-refractivity contribution >= 4 is 73.6 Å². The first-order chi connectivity index (χ1) is 25.0. The highest BCUT2D eigenvalue weighted by atomic mass is 32.1. The molecule has 0 bridgehead atoms. The van der Waals surface area contributed by atoms with Gasteiger partial charge in [0, 0.05) is 43.3 Å². The molecule has 0 unspecified atom stereocenters. The predicted octanol–water partition coefficient (Wildman–Crippen LogP) is 12.2. The highest BCUT2D eigenvalue weighted by Crippen LogP contribution is 2.37. The van der Waals surface area contributed by atoms with Gasteiger partial charge in [-0.2, -0.15) is 0 Å². The minimum Gasteiger partial charge on any atom is -0.489 e. The number of anilines is 2. The number of hydrogen-bond donors (Lipinski definition) is 0. The fourth-order valence-electron chi connectivity index (χ4n) is 6.34. The van der Waals surface area contributed by atoms with E-state index in [0.717, 1.165) is 62.5 Å². The summed E-state index contributed by atoms with van der Waals surface area (Å²) in [5.74, 6) is 1.51. The SMILES string of the molecule is C=CCOc1ccc(N(/C=C/C=C(\C=C/C)C2=CC=c3sc4ccccc4c3=CC2)c2ccc3oc(C=C)c(/C=C\C)c3c2)cc1C(=C)/C=C\C. The molecule has 1 aliphatic carbocycles. The molecule has 2 aromatic heterocycles. The van der Waals surface area contributed by atoms with Gasteiger partial charge in [-0.05, 0) is 115 Å². The molecular weight excluding hydrogens is 643 g/mol. The monoisotopic (exact) mass is 685 g/mol. The van der Waals surface area contributed by atoms with E-state index in [2.05, 4.69) is 135 Å². The van der Waals surface area contributed by atoms with Gasteiger partial charge in [0.2, 0.25) is 0 Å². The number of allylic oxidation sites excluding steroid dienone is 11. The highest BCUT2D eigenvalue weighted by molar-refractivity contribution is 7.17. The lowest BCUT2D eigenvalue weighted by Crippen LogP contribution is -2.17. The van der Waals surface area contributed by atoms with E-state index in [9.17, 15) is 0 Å². The van der Waals surface area contributed by atoms with Crippen LogP contribution in [0.1, 0.15) is 44.1 Å². The molecule has 3 aromatic carbocycles. The fourth-order valence-corrected chi connectivity index (χ4v) is 7.45. The van der Waals surface area contributed by atoms with Gasteiger partial charge in [-0.1, -0.05) is 98.7 Å². The van der Waals surface area contributed by atoms with Crippen LogP contribution < -0.4 is 19.4 Å². The zero-order valence-electron chi connectivity index (χ0n) is 29.6. The molecule has 0 saturated heterocycles. The zero-order valence-corrected chi connectivity index (χ0v) is 30.4. The summed E-state index contributed by atoms with van der Waals surface area (Å²) in [6.45, 7) is 18.6. The molecule has 4 heteroatoms. The molecule has 0 spiro atoms. The number of thiophene rings is 1. The van der Waals surface area contributed by atoms with E-state index >= 15 is 0 Å². The number of fused-ring (bicyclic) bond motifs is 4. The van der Waals surface area contributed by atoms with Crippen LogP contribution in [0.5, 0.6) is 5.75 Å². The van der Waals surface area contributed by atoms with Crippen LogP contribution in [-0.2, 0) is 0 Å². The van der Waals surface area contributed by atoms with Crippen molar-refractivity contribution in [2.45, 2.75) is 27.2 Å². The van der Waals surface area contributed by atoms with Crippen molar-refractivity contribution in [2.75, 3.05) is 11.5 Å². The van der Waals surface area contributed by atoms with Crippen LogP contribution >= 0.6 is 11.3 Å². The summed E-state index contributed by atoms with van der Waals surface area (Å²) in [6, 6.07) is 21.1. The molecule has 0 N–H and O–H groups in total. The highest BCUT2D eigenvalue weighted by Gasteiger charge is 2.16. The normalized spacial score (nSPS) is 13.5. The van der Waals surface area contributed by atoms with E-state index in [1.165, 1.54) is 25.4 Å². The van der Waals surface area contributed by atoms with E-state index in [1.807, 2.05) is 55.5 Å². The quantitative estimate of drug-likeness (QED) is 0.0911. The molecule has 0 saturated carbocycles. The number of furan rings is 1. The molecule has 0 fully saturated rings. The van der Waals surface area contributed by atoms with Crippen molar-refractivity contribution in [1.82, 2.24) is 0 Å². The summed E-state index contributed by atoms with van der Waals surface area (Å²) in [5.41, 5.74) is 7.96. The minimum absolute atomic E-state index is 0.405. The van der Waals surface area contributed by atoms with Crippen molar-refractivity contribution in [1.29, 1.82) is 0 Å². The Labute approximate surface area is 305 Å². The van der Waals surface area contributed by atoms with Gasteiger partial charge >= 0.3 is 0 Å². The summed E-state index contributed by atoms with van der Waals surface area (Å²) < 4.78 is 14.8. The van der Waals surface area contributed by atoms with E-state index < -0.39 is 0 Å². The van der Waals surface area contributed by atoms with Crippen LogP contribution in [0.2, 0.25) is 0 Å². The molecule has 2 heterocycles. The Morgan fingerprint density at radius 2 is 1.73 bits per heavy atom. The van der Waals surface area contributed by atoms with Crippen molar-refractivity contribution in [3.63, 3.8) is 0 Å². The fraction of sp³-hybridized carbons (Fsp3) is 0.106. The average molecular weight is 686 g/mol. The van der Waals surface area contributed by atoms with Crippen LogP contribution in [0.25, 0.3) is 50.9 Å². The van der Waals surface area contributed by atoms with E-state index in [0.29, 0.717) is 6.61 Å². The average Bonchev–Trinajstić information content (AvgIpc) is 3.61. The van der Waals surface area contributed by atoms with E-state index in [-0.39, 0.29) is 0 Å². The van der Waals surface area contributed by atoms with Gasteiger partial charge in [0.25, 0.3) is 0 Å². The third-order valence-corrected chi connectivity index (χ3v) is 9.85. The number of hydrogen-bond acceptors (Lipinski definition) is 4. The Kier molecular flexibility index (Phi) is 11.1. The molecule has 1 aliphatic rings. The second-order valence-electron chi connectivity index (χ2n) is 12.0. The number of nitrogens with zero attached hydrogens (tertiary/aromatic N) is 1. The molecule has 0 aliphatic heterocycles. The summed E-state index contributed by atoms with van der Waals surface area (Å²) in [4.78, 5) is 2.19. The van der Waals surface area contributed by atoms with Gasteiger partial charge in [0.1, 0.15) is 23.7 Å². The van der Waals surface area contributed by atoms with Gasteiger partial charge in [-0.25, -0.2) is 0 Å². The van der Waals surface area contributed by atoms with Gasteiger partial charge < -0.3 is 14.1 Å². The molecule has 0 atom stereocenters. The third-order valence-electron chi connectivity index (χ3n) is 8.70. The summed E-state index contributed by atoms with van der Waals surface area (Å²) in [6.07, 6.45) is 30.1. The van der Waals surface area contributed by atoms with Crippen molar-refractivity contribution in [2.24, 2.45) is 0 Å². The smallest absolute Gasteiger partial charge is 0.135 e. The van der Waals surface area contributed by atoms with E-state index in [1.54, 1.807) is 12.2 Å². The molecule has 5 aromatic rings. The number of benzene rings is 3. The van der Waals surface area contributed by atoms with Crippen LogP contribution in [0, 0.1) is 0 Å². The number of ether oxygens (including phenoxy) is 1. The van der Waals surface area contributed by atoms with Gasteiger partial charge in [0.05, 0.1) is 0 Å². The lowest BCUT2D eigenvalue weighted by Gasteiger charge is -2.23. The van der Waals surface area contributed by atoms with Gasteiger partial charge in [0.15, 0.2) is 0 Å². The maximum Gasteiger partial charge on any atom is 0.135 e. The Morgan fingerprint density at radius 1 is 0.922 bits per heavy atom. The number of rotatable bonds is 13. The second-order valence-corrected chi connectivity index (χ2v) is 13.1. The van der Waals surface area contributed by atoms with Crippen molar-refractivity contribution in [3.8, 4) is 5.75 Å². The minimum atomic E-state index is 0.405. The van der Waals surface area contributed by atoms with Gasteiger partial charge in [-0.3, -0.25) is 0 Å².